The van der Waals surface area contributed by atoms with E-state index in [1.165, 1.54) is 11.1 Å². The molecule has 5 heteroatoms. The first-order valence-corrected chi connectivity index (χ1v) is 6.03. The van der Waals surface area contributed by atoms with Gasteiger partial charge in [-0.05, 0) is 24.5 Å². The number of rotatable bonds is 3. The summed E-state index contributed by atoms with van der Waals surface area (Å²) < 4.78 is 0. The fourth-order valence-corrected chi connectivity index (χ4v) is 2.25. The monoisotopic (exact) mass is 360 g/mol. The molecule has 0 aromatic heterocycles. The van der Waals surface area contributed by atoms with Crippen molar-refractivity contribution in [3.05, 3.63) is 35.4 Å². The summed E-state index contributed by atoms with van der Waals surface area (Å²) in [4.78, 5) is 6.51. The van der Waals surface area contributed by atoms with Gasteiger partial charge in [0.25, 0.3) is 0 Å². The highest BCUT2D eigenvalue weighted by molar-refractivity contribution is 14.0. The normalized spacial score (nSPS) is 16.3. The molecule has 0 bridgehead atoms. The average Bonchev–Trinajstić information content (AvgIpc) is 2.35. The molecule has 2 rings (SSSR count). The largest absolute Gasteiger partial charge is 0.370 e. The maximum Gasteiger partial charge on any atom is 0.185 e. The lowest BCUT2D eigenvalue weighted by atomic mass is 9.99. The van der Waals surface area contributed by atoms with Gasteiger partial charge in [-0.1, -0.05) is 24.3 Å². The summed E-state index contributed by atoms with van der Waals surface area (Å²) in [7, 11) is 0. The third-order valence-corrected chi connectivity index (χ3v) is 3.32. The van der Waals surface area contributed by atoms with E-state index in [1.807, 2.05) is 0 Å². The van der Waals surface area contributed by atoms with Crippen LogP contribution in [0.1, 0.15) is 18.1 Å². The number of nitrogens with zero attached hydrogens (tertiary/aromatic N) is 2. The second-order valence-electron chi connectivity index (χ2n) is 4.60. The van der Waals surface area contributed by atoms with E-state index < -0.39 is 0 Å². The summed E-state index contributed by atoms with van der Waals surface area (Å²) in [6, 6.07) is 9.01. The van der Waals surface area contributed by atoms with E-state index in [0.717, 1.165) is 19.5 Å². The van der Waals surface area contributed by atoms with Crippen molar-refractivity contribution < 1.29 is 0 Å². The van der Waals surface area contributed by atoms with Crippen LogP contribution in [0.4, 0.5) is 0 Å². The van der Waals surface area contributed by atoms with Gasteiger partial charge in [-0.25, -0.2) is 0 Å². The molecule has 0 spiro atoms. The maximum absolute atomic E-state index is 5.36. The molecule has 1 aliphatic heterocycles. The van der Waals surface area contributed by atoms with Crippen LogP contribution in [-0.4, -0.2) is 30.0 Å². The number of benzene rings is 1. The predicted molar refractivity (Wildman–Crippen MR) is 86.1 cm³/mol. The van der Waals surface area contributed by atoms with E-state index in [1.54, 1.807) is 0 Å². The molecule has 18 heavy (non-hydrogen) atoms. The second-order valence-corrected chi connectivity index (χ2v) is 4.60. The average molecular weight is 360 g/mol. The van der Waals surface area contributed by atoms with Crippen LogP contribution in [0.3, 0.4) is 0 Å². The molecule has 1 aromatic rings. The van der Waals surface area contributed by atoms with Crippen LogP contribution in [0.2, 0.25) is 0 Å². The van der Waals surface area contributed by atoms with Crippen LogP contribution in [0.5, 0.6) is 0 Å². The smallest absolute Gasteiger partial charge is 0.185 e. The molecule has 0 saturated heterocycles. The Kier molecular flexibility index (Phi) is 5.87. The summed E-state index contributed by atoms with van der Waals surface area (Å²) in [5, 5.41) is 0. The van der Waals surface area contributed by atoms with Crippen LogP contribution < -0.4 is 11.5 Å². The third-order valence-electron chi connectivity index (χ3n) is 3.32. The Labute approximate surface area is 125 Å². The van der Waals surface area contributed by atoms with E-state index in [-0.39, 0.29) is 29.9 Å². The molecule has 1 aliphatic rings. The van der Waals surface area contributed by atoms with Crippen molar-refractivity contribution in [1.82, 2.24) is 4.90 Å². The van der Waals surface area contributed by atoms with Crippen LogP contribution >= 0.6 is 24.0 Å². The predicted octanol–water partition coefficient (Wildman–Crippen LogP) is 1.32. The molecule has 1 aromatic carbocycles. The van der Waals surface area contributed by atoms with Crippen molar-refractivity contribution in [2.24, 2.45) is 16.5 Å². The Balaban J connectivity index is 0.00000162. The minimum absolute atomic E-state index is 0. The zero-order valence-corrected chi connectivity index (χ0v) is 13.0. The van der Waals surface area contributed by atoms with E-state index in [9.17, 15) is 0 Å². The third kappa shape index (κ3) is 3.84. The summed E-state index contributed by atoms with van der Waals surface area (Å²) in [5.74, 6) is 0.175. The van der Waals surface area contributed by atoms with Crippen LogP contribution in [-0.2, 0) is 13.0 Å². The molecule has 0 aliphatic carbocycles. The van der Waals surface area contributed by atoms with Gasteiger partial charge >= 0.3 is 0 Å². The summed E-state index contributed by atoms with van der Waals surface area (Å²) in [6.07, 6.45) is 1.11. The molecule has 4 N–H and O–H groups in total. The number of hydrogen-bond acceptors (Lipinski definition) is 2. The first-order chi connectivity index (χ1) is 8.16. The molecule has 1 unspecified atom stereocenters. The van der Waals surface area contributed by atoms with Crippen molar-refractivity contribution in [2.45, 2.75) is 25.9 Å². The first kappa shape index (κ1) is 15.2. The molecule has 0 saturated carbocycles. The lowest BCUT2D eigenvalue weighted by molar-refractivity contribution is 0.195. The van der Waals surface area contributed by atoms with Crippen LogP contribution in [0, 0.1) is 0 Å². The van der Waals surface area contributed by atoms with Crippen molar-refractivity contribution in [3.8, 4) is 0 Å². The Bertz CT molecular complexity index is 415. The molecular weight excluding hydrogens is 339 g/mol. The highest BCUT2D eigenvalue weighted by Gasteiger charge is 2.19. The molecule has 1 atom stereocenters. The summed E-state index contributed by atoms with van der Waals surface area (Å²) >= 11 is 0. The van der Waals surface area contributed by atoms with Gasteiger partial charge in [0.2, 0.25) is 0 Å². The number of nitrogens with two attached hydrogens (primary N) is 2. The van der Waals surface area contributed by atoms with Gasteiger partial charge in [0.05, 0.1) is 6.54 Å². The fraction of sp³-hybridized carbons (Fsp3) is 0.462. The molecule has 0 radical (unpaired) electrons. The minimum atomic E-state index is 0. The van der Waals surface area contributed by atoms with Gasteiger partial charge in [0, 0.05) is 19.1 Å². The fourth-order valence-electron chi connectivity index (χ4n) is 2.25. The highest BCUT2D eigenvalue weighted by Crippen LogP contribution is 2.20. The molecule has 100 valence electrons. The number of halogens is 1. The van der Waals surface area contributed by atoms with Gasteiger partial charge in [-0.15, -0.1) is 24.0 Å². The number of guanidine groups is 1. The summed E-state index contributed by atoms with van der Waals surface area (Å²) in [6.45, 7) is 4.92. The minimum Gasteiger partial charge on any atom is -0.370 e. The number of fused-ring (bicyclic) bond motifs is 1. The SMILES string of the molecule is CC(CN=C(N)N)N1CCc2ccccc2C1.I. The lowest BCUT2D eigenvalue weighted by Crippen LogP contribution is -2.39. The topological polar surface area (TPSA) is 67.6 Å². The van der Waals surface area contributed by atoms with Gasteiger partial charge in [-0.3, -0.25) is 9.89 Å². The van der Waals surface area contributed by atoms with Crippen molar-refractivity contribution in [1.29, 1.82) is 0 Å². The molecule has 1 heterocycles. The van der Waals surface area contributed by atoms with Crippen molar-refractivity contribution in [2.75, 3.05) is 13.1 Å². The maximum atomic E-state index is 5.36. The molecular formula is C13H21IN4. The van der Waals surface area contributed by atoms with E-state index >= 15 is 0 Å². The first-order valence-electron chi connectivity index (χ1n) is 6.03. The van der Waals surface area contributed by atoms with E-state index in [0.29, 0.717) is 12.6 Å². The standard InChI is InChI=1S/C13H20N4.HI/c1-10(8-16-13(14)15)17-7-6-11-4-2-3-5-12(11)9-17;/h2-5,10H,6-9H2,1H3,(H4,14,15,16);1H. The second kappa shape index (κ2) is 6.94. The Morgan fingerprint density at radius 2 is 2.00 bits per heavy atom. The zero-order valence-electron chi connectivity index (χ0n) is 10.7. The Morgan fingerprint density at radius 1 is 1.33 bits per heavy atom. The lowest BCUT2D eigenvalue weighted by Gasteiger charge is -2.33. The highest BCUT2D eigenvalue weighted by atomic mass is 127. The molecule has 0 fully saturated rings. The van der Waals surface area contributed by atoms with Crippen molar-refractivity contribution >= 4 is 29.9 Å². The van der Waals surface area contributed by atoms with Crippen LogP contribution in [0.25, 0.3) is 0 Å². The number of hydrogen-bond donors (Lipinski definition) is 2. The van der Waals surface area contributed by atoms with Gasteiger partial charge in [0.1, 0.15) is 0 Å². The summed E-state index contributed by atoms with van der Waals surface area (Å²) in [5.41, 5.74) is 13.6. The van der Waals surface area contributed by atoms with Crippen LogP contribution in [0.15, 0.2) is 29.3 Å². The van der Waals surface area contributed by atoms with E-state index in [4.69, 9.17) is 11.5 Å². The Morgan fingerprint density at radius 3 is 2.67 bits per heavy atom. The quantitative estimate of drug-likeness (QED) is 0.486. The van der Waals surface area contributed by atoms with E-state index in [2.05, 4.69) is 41.1 Å². The molecule has 0 amide bonds. The van der Waals surface area contributed by atoms with Crippen molar-refractivity contribution in [3.63, 3.8) is 0 Å². The number of aliphatic imine (C=N–C) groups is 1. The van der Waals surface area contributed by atoms with Gasteiger partial charge < -0.3 is 11.5 Å². The van der Waals surface area contributed by atoms with Gasteiger partial charge in [0.15, 0.2) is 5.96 Å². The zero-order chi connectivity index (χ0) is 12.3. The molecule has 4 nitrogen and oxygen atoms in total. The van der Waals surface area contributed by atoms with Gasteiger partial charge in [-0.2, -0.15) is 0 Å². The Hall–Kier alpha value is -0.820.